The first-order chi connectivity index (χ1) is 9.95. The van der Waals surface area contributed by atoms with Crippen LogP contribution in [0.3, 0.4) is 0 Å². The normalized spacial score (nSPS) is 40.3. The Kier molecular flexibility index (Phi) is 4.37. The van der Waals surface area contributed by atoms with Gasteiger partial charge in [-0.3, -0.25) is 9.80 Å². The molecule has 2 saturated heterocycles. The van der Waals surface area contributed by atoms with Crippen LogP contribution < -0.4 is 0 Å². The van der Waals surface area contributed by atoms with Gasteiger partial charge in [0.15, 0.2) is 0 Å². The molecular weight excluding hydrogens is 260 g/mol. The van der Waals surface area contributed by atoms with Gasteiger partial charge in [0.2, 0.25) is 0 Å². The second-order valence-electron chi connectivity index (χ2n) is 8.32. The van der Waals surface area contributed by atoms with E-state index in [0.717, 1.165) is 24.6 Å². The van der Waals surface area contributed by atoms with E-state index < -0.39 is 0 Å². The zero-order chi connectivity index (χ0) is 15.2. The Hall–Kier alpha value is -0.120. The zero-order valence-electron chi connectivity index (χ0n) is 14.6. The number of hydrogen-bond acceptors (Lipinski definition) is 3. The maximum Gasteiger partial charge on any atom is 0.0655 e. The van der Waals surface area contributed by atoms with E-state index in [-0.39, 0.29) is 0 Å². The largest absolute Gasteiger partial charge is 0.378 e. The minimum atomic E-state index is 0.309. The molecule has 0 aromatic heterocycles. The maximum absolute atomic E-state index is 5.96. The number of rotatable bonds is 4. The van der Waals surface area contributed by atoms with Crippen molar-refractivity contribution in [3.8, 4) is 0 Å². The molecule has 0 radical (unpaired) electrons. The second-order valence-corrected chi connectivity index (χ2v) is 8.32. The predicted molar refractivity (Wildman–Crippen MR) is 87.5 cm³/mol. The second kappa shape index (κ2) is 5.82. The molecule has 3 heteroatoms. The maximum atomic E-state index is 5.96. The standard InChI is InChI=1S/C18H34N2O/c1-6-21-17-10-16(18(17,4)5)20-11-14-8-7-9-19(14)12-15(20)13(2)3/h13-17H,6-12H2,1-5H3. The van der Waals surface area contributed by atoms with Crippen molar-refractivity contribution < 1.29 is 4.74 Å². The van der Waals surface area contributed by atoms with Crippen LogP contribution in [-0.2, 0) is 4.74 Å². The average molecular weight is 294 g/mol. The molecule has 3 rings (SSSR count). The van der Waals surface area contributed by atoms with Crippen molar-refractivity contribution in [2.45, 2.75) is 78.1 Å². The van der Waals surface area contributed by atoms with Gasteiger partial charge in [-0.2, -0.15) is 0 Å². The molecule has 1 saturated carbocycles. The molecule has 2 heterocycles. The van der Waals surface area contributed by atoms with Crippen molar-refractivity contribution >= 4 is 0 Å². The molecule has 4 atom stereocenters. The summed E-state index contributed by atoms with van der Waals surface area (Å²) >= 11 is 0. The summed E-state index contributed by atoms with van der Waals surface area (Å²) in [6.45, 7) is 16.5. The van der Waals surface area contributed by atoms with Gasteiger partial charge in [-0.05, 0) is 38.6 Å². The van der Waals surface area contributed by atoms with E-state index in [1.54, 1.807) is 0 Å². The first kappa shape index (κ1) is 15.8. The molecule has 0 bridgehead atoms. The lowest BCUT2D eigenvalue weighted by Gasteiger charge is -2.60. The highest BCUT2D eigenvalue weighted by molar-refractivity contribution is 5.08. The summed E-state index contributed by atoms with van der Waals surface area (Å²) in [4.78, 5) is 5.62. The summed E-state index contributed by atoms with van der Waals surface area (Å²) in [7, 11) is 0. The average Bonchev–Trinajstić information content (AvgIpc) is 2.88. The van der Waals surface area contributed by atoms with Gasteiger partial charge in [-0.1, -0.05) is 27.7 Å². The Balaban J connectivity index is 1.73. The SMILES string of the molecule is CCOC1CC(N2CC3CCCN3CC2C(C)C)C1(C)C. The topological polar surface area (TPSA) is 15.7 Å². The lowest BCUT2D eigenvalue weighted by Crippen LogP contribution is -2.69. The molecule has 0 N–H and O–H groups in total. The van der Waals surface area contributed by atoms with Crippen LogP contribution in [0.1, 0.15) is 53.9 Å². The molecule has 2 aliphatic heterocycles. The minimum Gasteiger partial charge on any atom is -0.378 e. The van der Waals surface area contributed by atoms with Crippen LogP contribution in [0.2, 0.25) is 0 Å². The molecular formula is C18H34N2O. The van der Waals surface area contributed by atoms with Gasteiger partial charge in [0.05, 0.1) is 6.10 Å². The van der Waals surface area contributed by atoms with Crippen molar-refractivity contribution in [3.05, 3.63) is 0 Å². The van der Waals surface area contributed by atoms with Crippen molar-refractivity contribution in [2.75, 3.05) is 26.2 Å². The quantitative estimate of drug-likeness (QED) is 0.793. The van der Waals surface area contributed by atoms with Crippen LogP contribution in [0.4, 0.5) is 0 Å². The van der Waals surface area contributed by atoms with Crippen LogP contribution in [-0.4, -0.2) is 60.3 Å². The Morgan fingerprint density at radius 3 is 2.62 bits per heavy atom. The fourth-order valence-electron chi connectivity index (χ4n) is 4.93. The first-order valence-electron chi connectivity index (χ1n) is 9.06. The van der Waals surface area contributed by atoms with Crippen LogP contribution in [0.25, 0.3) is 0 Å². The molecule has 0 spiro atoms. The van der Waals surface area contributed by atoms with E-state index in [0.29, 0.717) is 17.6 Å². The van der Waals surface area contributed by atoms with Crippen LogP contribution in [0.15, 0.2) is 0 Å². The Labute approximate surface area is 131 Å². The summed E-state index contributed by atoms with van der Waals surface area (Å²) in [6, 6.07) is 2.26. The number of ether oxygens (including phenoxy) is 1. The van der Waals surface area contributed by atoms with E-state index in [1.165, 1.54) is 38.9 Å². The Bertz CT molecular complexity index is 368. The molecule has 4 unspecified atom stereocenters. The van der Waals surface area contributed by atoms with Gasteiger partial charge in [0.1, 0.15) is 0 Å². The molecule has 0 aromatic rings. The van der Waals surface area contributed by atoms with Gasteiger partial charge in [-0.15, -0.1) is 0 Å². The fraction of sp³-hybridized carbons (Fsp3) is 1.00. The van der Waals surface area contributed by atoms with E-state index in [1.807, 2.05) is 0 Å². The third kappa shape index (κ3) is 2.66. The Morgan fingerprint density at radius 2 is 2.00 bits per heavy atom. The fourth-order valence-corrected chi connectivity index (χ4v) is 4.93. The summed E-state index contributed by atoms with van der Waals surface area (Å²) in [6.07, 6.45) is 4.50. The molecule has 122 valence electrons. The van der Waals surface area contributed by atoms with Crippen LogP contribution >= 0.6 is 0 Å². The molecule has 0 amide bonds. The predicted octanol–water partition coefficient (Wildman–Crippen LogP) is 2.99. The Morgan fingerprint density at radius 1 is 1.24 bits per heavy atom. The van der Waals surface area contributed by atoms with Gasteiger partial charge < -0.3 is 4.74 Å². The van der Waals surface area contributed by atoms with E-state index in [4.69, 9.17) is 4.74 Å². The van der Waals surface area contributed by atoms with Gasteiger partial charge in [0, 0.05) is 43.2 Å². The molecule has 0 aromatic carbocycles. The van der Waals surface area contributed by atoms with Gasteiger partial charge in [-0.25, -0.2) is 0 Å². The van der Waals surface area contributed by atoms with E-state index in [2.05, 4.69) is 44.4 Å². The lowest BCUT2D eigenvalue weighted by atomic mass is 9.63. The number of nitrogens with zero attached hydrogens (tertiary/aromatic N) is 2. The highest BCUT2D eigenvalue weighted by Crippen LogP contribution is 2.48. The lowest BCUT2D eigenvalue weighted by molar-refractivity contribution is -0.172. The number of piperazine rings is 1. The molecule has 1 aliphatic carbocycles. The van der Waals surface area contributed by atoms with Gasteiger partial charge in [0.25, 0.3) is 0 Å². The smallest absolute Gasteiger partial charge is 0.0655 e. The zero-order valence-corrected chi connectivity index (χ0v) is 14.6. The minimum absolute atomic E-state index is 0.309. The van der Waals surface area contributed by atoms with Crippen LogP contribution in [0, 0.1) is 11.3 Å². The van der Waals surface area contributed by atoms with Gasteiger partial charge >= 0.3 is 0 Å². The highest BCUT2D eigenvalue weighted by Gasteiger charge is 2.54. The third-order valence-electron chi connectivity index (χ3n) is 6.43. The summed E-state index contributed by atoms with van der Waals surface area (Å²) in [5, 5.41) is 0. The molecule has 21 heavy (non-hydrogen) atoms. The molecule has 3 nitrogen and oxygen atoms in total. The molecule has 3 fully saturated rings. The number of fused-ring (bicyclic) bond motifs is 1. The first-order valence-corrected chi connectivity index (χ1v) is 9.06. The summed E-state index contributed by atoms with van der Waals surface area (Å²) in [5.41, 5.74) is 0.309. The summed E-state index contributed by atoms with van der Waals surface area (Å²) in [5.74, 6) is 0.744. The van der Waals surface area contributed by atoms with Crippen LogP contribution in [0.5, 0.6) is 0 Å². The number of hydrogen-bond donors (Lipinski definition) is 0. The van der Waals surface area contributed by atoms with Crippen molar-refractivity contribution in [3.63, 3.8) is 0 Å². The summed E-state index contributed by atoms with van der Waals surface area (Å²) < 4.78 is 5.96. The van der Waals surface area contributed by atoms with Crippen molar-refractivity contribution in [2.24, 2.45) is 11.3 Å². The highest BCUT2D eigenvalue weighted by atomic mass is 16.5. The monoisotopic (exact) mass is 294 g/mol. The van der Waals surface area contributed by atoms with Crippen molar-refractivity contribution in [1.82, 2.24) is 9.80 Å². The molecule has 3 aliphatic rings. The van der Waals surface area contributed by atoms with E-state index >= 15 is 0 Å². The third-order valence-corrected chi connectivity index (χ3v) is 6.43. The van der Waals surface area contributed by atoms with Crippen molar-refractivity contribution in [1.29, 1.82) is 0 Å². The van der Waals surface area contributed by atoms with E-state index in [9.17, 15) is 0 Å².